The molecule has 6 nitrogen and oxygen atoms in total. The maximum Gasteiger partial charge on any atom is 0.246 e. The molecule has 6 heteroatoms. The van der Waals surface area contributed by atoms with Crippen LogP contribution in [0.15, 0.2) is 30.5 Å². The molecule has 2 N–H and O–H groups in total. The highest BCUT2D eigenvalue weighted by molar-refractivity contribution is 6.00. The van der Waals surface area contributed by atoms with Gasteiger partial charge in [-0.2, -0.15) is 0 Å². The van der Waals surface area contributed by atoms with Crippen LogP contribution in [0.3, 0.4) is 0 Å². The van der Waals surface area contributed by atoms with Gasteiger partial charge >= 0.3 is 0 Å². The van der Waals surface area contributed by atoms with Crippen molar-refractivity contribution in [3.8, 4) is 0 Å². The molecular formula is C29H42N4O2. The van der Waals surface area contributed by atoms with E-state index < -0.39 is 5.54 Å². The Kier molecular flexibility index (Phi) is 7.19. The van der Waals surface area contributed by atoms with Gasteiger partial charge in [0.2, 0.25) is 11.8 Å². The van der Waals surface area contributed by atoms with Crippen LogP contribution in [0.1, 0.15) is 89.7 Å². The molecule has 1 aromatic heterocycles. The highest BCUT2D eigenvalue weighted by Gasteiger charge is 2.53. The summed E-state index contributed by atoms with van der Waals surface area (Å²) in [6.45, 7) is 6.75. The fourth-order valence-corrected chi connectivity index (χ4v) is 6.85. The van der Waals surface area contributed by atoms with E-state index in [1.165, 1.54) is 43.1 Å². The molecule has 1 spiro atoms. The molecule has 1 aliphatic carbocycles. The third-order valence-electron chi connectivity index (χ3n) is 9.08. The molecule has 0 radical (unpaired) electrons. The van der Waals surface area contributed by atoms with E-state index in [0.717, 1.165) is 37.9 Å². The predicted molar refractivity (Wildman–Crippen MR) is 140 cm³/mol. The van der Waals surface area contributed by atoms with Crippen LogP contribution < -0.4 is 5.32 Å². The van der Waals surface area contributed by atoms with Gasteiger partial charge in [-0.05, 0) is 50.2 Å². The van der Waals surface area contributed by atoms with E-state index in [1.54, 1.807) is 0 Å². The number of hydrogen-bond donors (Lipinski definition) is 2. The van der Waals surface area contributed by atoms with Gasteiger partial charge in [0, 0.05) is 42.8 Å². The number of rotatable bonds is 7. The van der Waals surface area contributed by atoms with E-state index in [1.807, 2.05) is 4.90 Å². The number of benzene rings is 1. The Bertz CT molecular complexity index is 1030. The topological polar surface area (TPSA) is 68.4 Å². The van der Waals surface area contributed by atoms with Crippen molar-refractivity contribution in [2.75, 3.05) is 19.6 Å². The zero-order valence-corrected chi connectivity index (χ0v) is 21.5. The van der Waals surface area contributed by atoms with Gasteiger partial charge in [0.15, 0.2) is 0 Å². The zero-order valence-electron chi connectivity index (χ0n) is 21.5. The van der Waals surface area contributed by atoms with Crippen molar-refractivity contribution in [1.82, 2.24) is 20.1 Å². The summed E-state index contributed by atoms with van der Waals surface area (Å²) in [5.74, 6) is 0.828. The van der Waals surface area contributed by atoms with Crippen molar-refractivity contribution >= 4 is 22.7 Å². The summed E-state index contributed by atoms with van der Waals surface area (Å²) >= 11 is 0. The number of carbonyl (C=O) groups is 2. The average Bonchev–Trinajstić information content (AvgIpc) is 3.32. The standard InChI is InChI=1S/C29H42N4O2/c1-3-4-16-33-27(34)26(19-22-10-6-5-7-11-22)31-28(35)29(33)14-17-32(18-15-29)21(2)24-20-30-25-13-9-8-12-23(24)25/h8-9,12-13,20-22,26,30H,3-7,10-11,14-19H2,1-2H3,(H,31,35). The Balaban J connectivity index is 1.31. The monoisotopic (exact) mass is 478 g/mol. The average molecular weight is 479 g/mol. The number of nitrogens with zero attached hydrogens (tertiary/aromatic N) is 2. The first kappa shape index (κ1) is 24.4. The van der Waals surface area contributed by atoms with Crippen LogP contribution in [0.25, 0.3) is 10.9 Å². The first-order valence-electron chi connectivity index (χ1n) is 14.0. The van der Waals surface area contributed by atoms with Crippen LogP contribution in [0.4, 0.5) is 0 Å². The Labute approximate surface area is 209 Å². The molecule has 190 valence electrons. The van der Waals surface area contributed by atoms with Crippen LogP contribution in [0, 0.1) is 5.92 Å². The lowest BCUT2D eigenvalue weighted by atomic mass is 9.78. The molecule has 35 heavy (non-hydrogen) atoms. The van der Waals surface area contributed by atoms with Gasteiger partial charge < -0.3 is 15.2 Å². The number of aromatic amines is 1. The number of fused-ring (bicyclic) bond motifs is 1. The fourth-order valence-electron chi connectivity index (χ4n) is 6.85. The van der Waals surface area contributed by atoms with E-state index >= 15 is 0 Å². The number of para-hydroxylation sites is 1. The van der Waals surface area contributed by atoms with E-state index in [0.29, 0.717) is 25.3 Å². The summed E-state index contributed by atoms with van der Waals surface area (Å²) in [5.41, 5.74) is 1.78. The molecule has 0 bridgehead atoms. The molecule has 2 aromatic rings. The lowest BCUT2D eigenvalue weighted by Crippen LogP contribution is -2.73. The van der Waals surface area contributed by atoms with E-state index in [-0.39, 0.29) is 23.9 Å². The van der Waals surface area contributed by atoms with E-state index in [9.17, 15) is 9.59 Å². The number of piperazine rings is 1. The molecule has 3 heterocycles. The van der Waals surface area contributed by atoms with Crippen molar-refractivity contribution < 1.29 is 9.59 Å². The highest BCUT2D eigenvalue weighted by Crippen LogP contribution is 2.38. The zero-order chi connectivity index (χ0) is 24.4. The highest BCUT2D eigenvalue weighted by atomic mass is 16.2. The molecule has 5 rings (SSSR count). The molecule has 1 aromatic carbocycles. The minimum absolute atomic E-state index is 0.0911. The summed E-state index contributed by atoms with van der Waals surface area (Å²) in [5, 5.41) is 4.49. The Morgan fingerprint density at radius 1 is 1.09 bits per heavy atom. The number of likely N-dealkylation sites (tertiary alicyclic amines) is 1. The van der Waals surface area contributed by atoms with Crippen molar-refractivity contribution in [2.24, 2.45) is 5.92 Å². The molecular weight excluding hydrogens is 436 g/mol. The first-order valence-corrected chi connectivity index (χ1v) is 14.0. The lowest BCUT2D eigenvalue weighted by molar-refractivity contribution is -0.162. The smallest absolute Gasteiger partial charge is 0.246 e. The summed E-state index contributed by atoms with van der Waals surface area (Å²) in [6.07, 6.45) is 12.5. The van der Waals surface area contributed by atoms with E-state index in [4.69, 9.17) is 0 Å². The maximum atomic E-state index is 13.8. The van der Waals surface area contributed by atoms with Crippen LogP contribution in [0.2, 0.25) is 0 Å². The van der Waals surface area contributed by atoms with Crippen molar-refractivity contribution in [2.45, 2.75) is 95.7 Å². The van der Waals surface area contributed by atoms with Crippen LogP contribution in [-0.2, 0) is 9.59 Å². The van der Waals surface area contributed by atoms with Crippen molar-refractivity contribution in [3.05, 3.63) is 36.0 Å². The Morgan fingerprint density at radius 3 is 2.57 bits per heavy atom. The summed E-state index contributed by atoms with van der Waals surface area (Å²) in [4.78, 5) is 35.3. The second-order valence-electron chi connectivity index (χ2n) is 11.1. The van der Waals surface area contributed by atoms with Crippen LogP contribution in [0.5, 0.6) is 0 Å². The molecule has 2 aliphatic heterocycles. The predicted octanol–water partition coefficient (Wildman–Crippen LogP) is 5.16. The molecule has 3 aliphatic rings. The number of unbranched alkanes of at least 4 members (excludes halogenated alkanes) is 1. The molecule has 1 saturated carbocycles. The van der Waals surface area contributed by atoms with Gasteiger partial charge in [0.1, 0.15) is 11.6 Å². The van der Waals surface area contributed by atoms with Gasteiger partial charge in [-0.1, -0.05) is 63.6 Å². The third-order valence-corrected chi connectivity index (χ3v) is 9.08. The quantitative estimate of drug-likeness (QED) is 0.577. The van der Waals surface area contributed by atoms with Crippen molar-refractivity contribution in [3.63, 3.8) is 0 Å². The third kappa shape index (κ3) is 4.62. The lowest BCUT2D eigenvalue weighted by Gasteiger charge is -2.52. The fraction of sp³-hybridized carbons (Fsp3) is 0.655. The van der Waals surface area contributed by atoms with Gasteiger partial charge in [0.25, 0.3) is 0 Å². The Hall–Kier alpha value is -2.34. The SMILES string of the molecule is CCCCN1C(=O)C(CC2CCCCC2)NC(=O)C12CCN(C(C)c1c[nH]c3ccccc13)CC2. The largest absolute Gasteiger partial charge is 0.361 e. The first-order chi connectivity index (χ1) is 17.0. The van der Waals surface area contributed by atoms with Gasteiger partial charge in [-0.3, -0.25) is 14.5 Å². The van der Waals surface area contributed by atoms with E-state index in [2.05, 4.69) is 59.5 Å². The minimum atomic E-state index is -0.689. The molecule has 2 atom stereocenters. The number of aromatic nitrogens is 1. The van der Waals surface area contributed by atoms with Gasteiger partial charge in [-0.25, -0.2) is 0 Å². The molecule has 2 amide bonds. The molecule has 2 saturated heterocycles. The number of piperidine rings is 1. The van der Waals surface area contributed by atoms with Crippen LogP contribution >= 0.6 is 0 Å². The molecule has 3 fully saturated rings. The minimum Gasteiger partial charge on any atom is -0.361 e. The second kappa shape index (κ2) is 10.3. The summed E-state index contributed by atoms with van der Waals surface area (Å²) < 4.78 is 0. The number of nitrogens with one attached hydrogen (secondary N) is 2. The normalized spacial score (nSPS) is 24.7. The number of carbonyl (C=O) groups excluding carboxylic acids is 2. The van der Waals surface area contributed by atoms with Gasteiger partial charge in [0.05, 0.1) is 0 Å². The Morgan fingerprint density at radius 2 is 1.83 bits per heavy atom. The summed E-state index contributed by atoms with van der Waals surface area (Å²) in [6, 6.07) is 8.36. The number of hydrogen-bond acceptors (Lipinski definition) is 3. The number of H-pyrrole nitrogens is 1. The van der Waals surface area contributed by atoms with Crippen LogP contribution in [-0.4, -0.2) is 57.8 Å². The number of amides is 2. The summed E-state index contributed by atoms with van der Waals surface area (Å²) in [7, 11) is 0. The van der Waals surface area contributed by atoms with Crippen molar-refractivity contribution in [1.29, 1.82) is 0 Å². The second-order valence-corrected chi connectivity index (χ2v) is 11.1. The molecule has 2 unspecified atom stereocenters. The van der Waals surface area contributed by atoms with Gasteiger partial charge in [-0.15, -0.1) is 0 Å². The maximum absolute atomic E-state index is 13.8.